The third kappa shape index (κ3) is 10.7. The first-order valence-electron chi connectivity index (χ1n) is 11.9. The molecular formula is C19H29N3O5. The lowest BCUT2D eigenvalue weighted by molar-refractivity contribution is -0.120. The van der Waals surface area contributed by atoms with E-state index >= 15 is 0 Å². The molecule has 1 aromatic rings. The van der Waals surface area contributed by atoms with Gasteiger partial charge in [0.05, 0.1) is 0 Å². The van der Waals surface area contributed by atoms with E-state index in [1.807, 2.05) is 0 Å². The number of nitrogens with one attached hydrogen (secondary N) is 2. The number of hydrogen-bond donors (Lipinski definition) is 3. The van der Waals surface area contributed by atoms with Gasteiger partial charge in [-0.3, -0.25) is 4.79 Å². The number of carbonyl (C=O) groups is 3. The van der Waals surface area contributed by atoms with Crippen LogP contribution in [0.15, 0.2) is 30.3 Å². The average molecular weight is 388 g/mol. The highest BCUT2D eigenvalue weighted by atomic mass is 16.6. The summed E-state index contributed by atoms with van der Waals surface area (Å²) in [5, 5.41) is 3.32. The Hall–Kier alpha value is -2.77. The van der Waals surface area contributed by atoms with Crippen LogP contribution in [0.2, 0.25) is 0 Å². The monoisotopic (exact) mass is 387 g/mol. The number of alkyl carbamates (subject to hydrolysis) is 2. The molecule has 0 aliphatic heterocycles. The fourth-order valence-corrected chi connectivity index (χ4v) is 1.59. The Bertz CT molecular complexity index is 923. The van der Waals surface area contributed by atoms with Gasteiger partial charge in [0.25, 0.3) is 0 Å². The van der Waals surface area contributed by atoms with Crippen LogP contribution in [0.4, 0.5) is 9.59 Å². The minimum absolute atomic E-state index is 0.281. The number of amides is 3. The van der Waals surface area contributed by atoms with Crippen molar-refractivity contribution in [1.29, 1.82) is 0 Å². The van der Waals surface area contributed by atoms with Crippen molar-refractivity contribution in [3.8, 4) is 0 Å². The van der Waals surface area contributed by atoms with Gasteiger partial charge in [0.2, 0.25) is 5.91 Å². The topological polar surface area (TPSA) is 120 Å². The van der Waals surface area contributed by atoms with Gasteiger partial charge in [0, 0.05) is 17.5 Å². The van der Waals surface area contributed by atoms with Gasteiger partial charge < -0.3 is 25.8 Å². The average Bonchev–Trinajstić information content (AvgIpc) is 2.68. The summed E-state index contributed by atoms with van der Waals surface area (Å²) in [6.45, 7) is 0.539. The van der Waals surface area contributed by atoms with Gasteiger partial charge >= 0.3 is 12.2 Å². The van der Waals surface area contributed by atoms with Gasteiger partial charge in [-0.15, -0.1) is 0 Å². The van der Waals surface area contributed by atoms with Crippen LogP contribution in [0.25, 0.3) is 0 Å². The Morgan fingerprint density at radius 2 is 1.81 bits per heavy atom. The van der Waals surface area contributed by atoms with E-state index in [2.05, 4.69) is 0 Å². The van der Waals surface area contributed by atoms with Crippen LogP contribution in [0.5, 0.6) is 0 Å². The summed E-state index contributed by atoms with van der Waals surface area (Å²) in [5.74, 6) is -1.58. The number of rotatable bonds is 9. The molecule has 1 atom stereocenters. The second-order valence-corrected chi connectivity index (χ2v) is 6.19. The van der Waals surface area contributed by atoms with Crippen molar-refractivity contribution in [3.05, 3.63) is 35.9 Å². The van der Waals surface area contributed by atoms with E-state index in [9.17, 15) is 14.4 Å². The van der Waals surface area contributed by atoms with Crippen molar-refractivity contribution >= 4 is 18.1 Å². The molecule has 0 aliphatic rings. The fraction of sp³-hybridized carbons (Fsp3) is 0.526. The van der Waals surface area contributed by atoms with E-state index < -0.39 is 55.4 Å². The molecule has 0 radical (unpaired) electrons. The van der Waals surface area contributed by atoms with E-state index in [0.29, 0.717) is 5.56 Å². The molecule has 0 aromatic heterocycles. The lowest BCUT2D eigenvalue weighted by Gasteiger charge is -2.19. The van der Waals surface area contributed by atoms with E-state index in [1.54, 1.807) is 41.0 Å². The van der Waals surface area contributed by atoms with Gasteiger partial charge in [-0.25, -0.2) is 9.59 Å². The quantitative estimate of drug-likeness (QED) is 0.601. The molecule has 1 aromatic carbocycles. The predicted molar refractivity (Wildman–Crippen MR) is 101 cm³/mol. The summed E-state index contributed by atoms with van der Waals surface area (Å²) in [6, 6.07) is 5.80. The van der Waals surface area contributed by atoms with Gasteiger partial charge in [-0.1, -0.05) is 30.3 Å². The molecule has 0 unspecified atom stereocenters. The van der Waals surface area contributed by atoms with Crippen LogP contribution in [0.3, 0.4) is 0 Å². The smallest absolute Gasteiger partial charge is 0.408 e. The van der Waals surface area contributed by atoms with Crippen molar-refractivity contribution in [3.63, 3.8) is 0 Å². The van der Waals surface area contributed by atoms with Gasteiger partial charge in [-0.2, -0.15) is 0 Å². The molecule has 0 bridgehead atoms. The number of carbonyl (C=O) groups excluding carboxylic acids is 3. The maximum atomic E-state index is 12.2. The number of benzene rings is 1. The second kappa shape index (κ2) is 11.1. The Morgan fingerprint density at radius 1 is 1.15 bits per heavy atom. The molecular weight excluding hydrogens is 350 g/mol. The third-order valence-corrected chi connectivity index (χ3v) is 2.66. The van der Waals surface area contributed by atoms with Crippen LogP contribution < -0.4 is 16.4 Å². The molecule has 0 saturated carbocycles. The zero-order valence-electron chi connectivity index (χ0n) is 23.3. The molecule has 3 amide bonds. The lowest BCUT2D eigenvalue weighted by atomic mass is 10.1. The van der Waals surface area contributed by atoms with Crippen molar-refractivity contribution in [2.24, 2.45) is 5.73 Å². The van der Waals surface area contributed by atoms with Crippen LogP contribution in [-0.2, 0) is 20.9 Å². The second-order valence-electron chi connectivity index (χ2n) is 6.19. The summed E-state index contributed by atoms with van der Waals surface area (Å²) in [7, 11) is 0. The standard InChI is InChI=1S/C19H29N3O5/c1-19(2,3)27-17(24)21-12-8-7-11-15(16(20)23)22-18(25)26-13-14-9-5-4-6-10-14/h4-6,9-10,15H,7-8,11-13H2,1-3H3,(H2,20,23)(H,21,24)(H,22,25)/t15-/m0/s1/i7D2,8D2,11D2,12D2. The molecule has 0 heterocycles. The minimum atomic E-state index is -3.86. The number of nitrogens with two attached hydrogens (primary N) is 1. The van der Waals surface area contributed by atoms with E-state index in [1.165, 1.54) is 20.8 Å². The summed E-state index contributed by atoms with van der Waals surface area (Å²) in [5.41, 5.74) is 4.61. The van der Waals surface area contributed by atoms with Crippen LogP contribution in [-0.4, -0.2) is 36.2 Å². The van der Waals surface area contributed by atoms with Gasteiger partial charge in [0.1, 0.15) is 18.2 Å². The highest BCUT2D eigenvalue weighted by Crippen LogP contribution is 2.07. The number of ether oxygens (including phenoxy) is 2. The normalized spacial score (nSPS) is 18.5. The zero-order chi connectivity index (χ0) is 27.5. The Labute approximate surface area is 171 Å². The minimum Gasteiger partial charge on any atom is -0.445 e. The molecule has 0 fully saturated rings. The van der Waals surface area contributed by atoms with Crippen molar-refractivity contribution in [1.82, 2.24) is 10.6 Å². The maximum absolute atomic E-state index is 12.2. The Kier molecular flexibility index (Phi) is 5.15. The molecule has 150 valence electrons. The van der Waals surface area contributed by atoms with Crippen LogP contribution >= 0.6 is 0 Å². The highest BCUT2D eigenvalue weighted by molar-refractivity contribution is 5.84. The number of primary amides is 1. The van der Waals surface area contributed by atoms with Crippen molar-refractivity contribution < 1.29 is 34.8 Å². The molecule has 4 N–H and O–H groups in total. The Balaban J connectivity index is 3.15. The lowest BCUT2D eigenvalue weighted by Crippen LogP contribution is -2.44. The van der Waals surface area contributed by atoms with Crippen LogP contribution in [0, 0.1) is 0 Å². The third-order valence-electron chi connectivity index (χ3n) is 2.66. The molecule has 0 saturated heterocycles. The Morgan fingerprint density at radius 3 is 2.41 bits per heavy atom. The highest BCUT2D eigenvalue weighted by Gasteiger charge is 2.19. The molecule has 8 nitrogen and oxygen atoms in total. The van der Waals surface area contributed by atoms with Crippen molar-refractivity contribution in [2.45, 2.75) is 58.1 Å². The first-order valence-corrected chi connectivity index (χ1v) is 7.93. The molecule has 27 heavy (non-hydrogen) atoms. The largest absolute Gasteiger partial charge is 0.445 e. The first-order chi connectivity index (χ1) is 15.7. The first kappa shape index (κ1) is 12.6. The maximum Gasteiger partial charge on any atom is 0.408 e. The summed E-state index contributed by atoms with van der Waals surface area (Å²) < 4.78 is 74.1. The fourth-order valence-electron chi connectivity index (χ4n) is 1.59. The van der Waals surface area contributed by atoms with Gasteiger partial charge in [-0.05, 0) is 45.5 Å². The molecule has 0 spiro atoms. The SMILES string of the molecule is [2H]C([2H])(NC(=O)OC(C)(C)C)C([2H])([2H])C([2H])([2H])C([2H])([2H])[C@H](NC(=O)OCc1ccccc1)C(N)=O. The molecule has 0 aliphatic carbocycles. The summed E-state index contributed by atoms with van der Waals surface area (Å²) in [6.07, 6.45) is -14.1. The predicted octanol–water partition coefficient (Wildman–Crippen LogP) is 2.46. The molecule has 8 heteroatoms. The van der Waals surface area contributed by atoms with E-state index in [0.717, 1.165) is 0 Å². The van der Waals surface area contributed by atoms with Gasteiger partial charge in [0.15, 0.2) is 0 Å². The zero-order valence-corrected chi connectivity index (χ0v) is 15.3. The van der Waals surface area contributed by atoms with E-state index in [4.69, 9.17) is 26.2 Å². The summed E-state index contributed by atoms with van der Waals surface area (Å²) in [4.78, 5) is 36.1. The number of hydrogen-bond acceptors (Lipinski definition) is 5. The molecule has 1 rings (SSSR count). The summed E-state index contributed by atoms with van der Waals surface area (Å²) >= 11 is 0. The van der Waals surface area contributed by atoms with Crippen molar-refractivity contribution in [2.75, 3.05) is 6.50 Å². The van der Waals surface area contributed by atoms with E-state index in [-0.39, 0.29) is 6.61 Å². The van der Waals surface area contributed by atoms with Crippen LogP contribution in [0.1, 0.15) is 56.4 Å².